The smallest absolute Gasteiger partial charge is 0.246 e. The van der Waals surface area contributed by atoms with Gasteiger partial charge in [-0.05, 0) is 40.5 Å². The van der Waals surface area contributed by atoms with Crippen LogP contribution in [0.2, 0.25) is 0 Å². The van der Waals surface area contributed by atoms with Crippen LogP contribution in [-0.2, 0) is 14.3 Å². The largest absolute Gasteiger partial charge is 0.374 e. The van der Waals surface area contributed by atoms with E-state index in [1.54, 1.807) is 4.90 Å². The van der Waals surface area contributed by atoms with Gasteiger partial charge in [-0.15, -0.1) is 0 Å². The van der Waals surface area contributed by atoms with Gasteiger partial charge in [0.2, 0.25) is 11.8 Å². The molecule has 116 valence electrons. The zero-order valence-electron chi connectivity index (χ0n) is 13.6. The Kier molecular flexibility index (Phi) is 5.19. The van der Waals surface area contributed by atoms with Crippen molar-refractivity contribution >= 4 is 11.8 Å². The summed E-state index contributed by atoms with van der Waals surface area (Å²) in [6, 6.07) is -0.406. The zero-order valence-corrected chi connectivity index (χ0v) is 13.6. The molecular weight excluding hydrogens is 256 g/mol. The molecule has 2 unspecified atom stereocenters. The van der Waals surface area contributed by atoms with Crippen LogP contribution in [0.15, 0.2) is 0 Å². The number of hydrogen-bond acceptors (Lipinski definition) is 3. The lowest BCUT2D eigenvalue weighted by atomic mass is 9.90. The van der Waals surface area contributed by atoms with E-state index in [-0.39, 0.29) is 17.4 Å². The van der Waals surface area contributed by atoms with Gasteiger partial charge in [0.05, 0.1) is 12.2 Å². The number of piperazine rings is 1. The molecule has 1 saturated heterocycles. The van der Waals surface area contributed by atoms with E-state index < -0.39 is 11.6 Å². The highest BCUT2D eigenvalue weighted by Crippen LogP contribution is 2.25. The van der Waals surface area contributed by atoms with Crippen molar-refractivity contribution in [3.63, 3.8) is 0 Å². The molecule has 5 nitrogen and oxygen atoms in total. The number of carbonyl (C=O) groups is 2. The summed E-state index contributed by atoms with van der Waals surface area (Å²) in [6.07, 6.45) is 1.21. The van der Waals surface area contributed by atoms with E-state index in [0.717, 1.165) is 0 Å². The maximum absolute atomic E-state index is 12.5. The van der Waals surface area contributed by atoms with Crippen LogP contribution in [0.4, 0.5) is 0 Å². The lowest BCUT2D eigenvalue weighted by molar-refractivity contribution is -0.158. The number of amides is 2. The SMILES string of the molecule is CCC1NC(=O)C(C)(CC)N(CCOC(C)(C)C)C1=O. The topological polar surface area (TPSA) is 58.6 Å². The van der Waals surface area contributed by atoms with Crippen LogP contribution in [0.25, 0.3) is 0 Å². The molecule has 0 spiro atoms. The standard InChI is InChI=1S/C15H28N2O3/c1-7-11-12(18)17(9-10-20-14(3,4)5)15(6,8-2)13(19)16-11/h11H,7-10H2,1-6H3,(H,16,19). The van der Waals surface area contributed by atoms with Crippen LogP contribution >= 0.6 is 0 Å². The first kappa shape index (κ1) is 17.0. The van der Waals surface area contributed by atoms with Crippen LogP contribution in [0, 0.1) is 0 Å². The van der Waals surface area contributed by atoms with Gasteiger partial charge in [0.1, 0.15) is 11.6 Å². The average Bonchev–Trinajstić information content (AvgIpc) is 2.36. The van der Waals surface area contributed by atoms with E-state index in [0.29, 0.717) is 26.0 Å². The van der Waals surface area contributed by atoms with Crippen molar-refractivity contribution < 1.29 is 14.3 Å². The van der Waals surface area contributed by atoms with E-state index in [2.05, 4.69) is 5.32 Å². The van der Waals surface area contributed by atoms with Crippen molar-refractivity contribution in [1.82, 2.24) is 10.2 Å². The van der Waals surface area contributed by atoms with Gasteiger partial charge < -0.3 is 15.0 Å². The number of nitrogens with zero attached hydrogens (tertiary/aromatic N) is 1. The molecule has 2 amide bonds. The lowest BCUT2D eigenvalue weighted by Gasteiger charge is -2.46. The number of nitrogens with one attached hydrogen (secondary N) is 1. The molecule has 0 radical (unpaired) electrons. The van der Waals surface area contributed by atoms with Crippen LogP contribution in [0.3, 0.4) is 0 Å². The highest BCUT2D eigenvalue weighted by atomic mass is 16.5. The molecule has 1 fully saturated rings. The van der Waals surface area contributed by atoms with Crippen molar-refractivity contribution in [3.05, 3.63) is 0 Å². The molecule has 0 aromatic carbocycles. The average molecular weight is 284 g/mol. The Morgan fingerprint density at radius 2 is 1.90 bits per heavy atom. The second kappa shape index (κ2) is 6.12. The minimum absolute atomic E-state index is 0.00559. The number of ether oxygens (including phenoxy) is 1. The molecule has 20 heavy (non-hydrogen) atoms. The van der Waals surface area contributed by atoms with E-state index in [1.807, 2.05) is 41.5 Å². The fourth-order valence-electron chi connectivity index (χ4n) is 2.36. The Hall–Kier alpha value is -1.10. The second-order valence-corrected chi connectivity index (χ2v) is 6.51. The summed E-state index contributed by atoms with van der Waals surface area (Å²) in [5.74, 6) is -0.0730. The highest BCUT2D eigenvalue weighted by Gasteiger charge is 2.47. The van der Waals surface area contributed by atoms with Crippen molar-refractivity contribution in [2.75, 3.05) is 13.2 Å². The summed E-state index contributed by atoms with van der Waals surface area (Å²) in [7, 11) is 0. The van der Waals surface area contributed by atoms with Crippen LogP contribution < -0.4 is 5.32 Å². The summed E-state index contributed by atoms with van der Waals surface area (Å²) in [5.41, 5.74) is -1.02. The molecule has 1 rings (SSSR count). The second-order valence-electron chi connectivity index (χ2n) is 6.51. The molecule has 0 bridgehead atoms. The molecule has 0 saturated carbocycles. The Morgan fingerprint density at radius 1 is 1.30 bits per heavy atom. The first-order valence-electron chi connectivity index (χ1n) is 7.42. The van der Waals surface area contributed by atoms with Crippen LogP contribution in [0.1, 0.15) is 54.4 Å². The van der Waals surface area contributed by atoms with Gasteiger partial charge in [-0.3, -0.25) is 9.59 Å². The third-order valence-electron chi connectivity index (χ3n) is 3.90. The predicted octanol–water partition coefficient (Wildman–Crippen LogP) is 1.71. The molecule has 0 aromatic rings. The summed E-state index contributed by atoms with van der Waals surface area (Å²) >= 11 is 0. The first-order valence-corrected chi connectivity index (χ1v) is 7.42. The Balaban J connectivity index is 2.84. The fraction of sp³-hybridized carbons (Fsp3) is 0.867. The Labute approximate surface area is 122 Å². The van der Waals surface area contributed by atoms with Gasteiger partial charge in [0.25, 0.3) is 0 Å². The van der Waals surface area contributed by atoms with Gasteiger partial charge in [0, 0.05) is 6.54 Å². The maximum atomic E-state index is 12.5. The van der Waals surface area contributed by atoms with Crippen molar-refractivity contribution in [1.29, 1.82) is 0 Å². The number of carbonyl (C=O) groups excluding carboxylic acids is 2. The Bertz CT molecular complexity index is 376. The molecule has 1 N–H and O–H groups in total. The van der Waals surface area contributed by atoms with E-state index >= 15 is 0 Å². The van der Waals surface area contributed by atoms with Crippen LogP contribution in [0.5, 0.6) is 0 Å². The summed E-state index contributed by atoms with van der Waals surface area (Å²) in [5, 5.41) is 2.82. The van der Waals surface area contributed by atoms with Gasteiger partial charge in [-0.1, -0.05) is 13.8 Å². The van der Waals surface area contributed by atoms with Crippen molar-refractivity contribution in [3.8, 4) is 0 Å². The van der Waals surface area contributed by atoms with Gasteiger partial charge in [0.15, 0.2) is 0 Å². The van der Waals surface area contributed by atoms with Gasteiger partial charge in [-0.25, -0.2) is 0 Å². The lowest BCUT2D eigenvalue weighted by Crippen LogP contribution is -2.69. The van der Waals surface area contributed by atoms with Crippen molar-refractivity contribution in [2.24, 2.45) is 0 Å². The fourth-order valence-corrected chi connectivity index (χ4v) is 2.36. The van der Waals surface area contributed by atoms with E-state index in [4.69, 9.17) is 4.74 Å². The number of hydrogen-bond donors (Lipinski definition) is 1. The molecule has 1 heterocycles. The quantitative estimate of drug-likeness (QED) is 0.836. The monoisotopic (exact) mass is 284 g/mol. The van der Waals surface area contributed by atoms with E-state index in [9.17, 15) is 9.59 Å². The van der Waals surface area contributed by atoms with Crippen LogP contribution in [-0.4, -0.2) is 47.0 Å². The highest BCUT2D eigenvalue weighted by molar-refractivity contribution is 5.99. The Morgan fingerprint density at radius 3 is 2.35 bits per heavy atom. The summed E-state index contributed by atoms with van der Waals surface area (Å²) in [6.45, 7) is 12.5. The first-order chi connectivity index (χ1) is 9.15. The molecule has 5 heteroatoms. The minimum Gasteiger partial charge on any atom is -0.374 e. The maximum Gasteiger partial charge on any atom is 0.246 e. The molecule has 0 aliphatic carbocycles. The molecule has 0 aromatic heterocycles. The normalized spacial score (nSPS) is 27.7. The molecular formula is C15H28N2O3. The van der Waals surface area contributed by atoms with E-state index in [1.165, 1.54) is 0 Å². The molecule has 2 atom stereocenters. The van der Waals surface area contributed by atoms with Gasteiger partial charge in [-0.2, -0.15) is 0 Å². The minimum atomic E-state index is -0.774. The predicted molar refractivity (Wildman–Crippen MR) is 78.3 cm³/mol. The zero-order chi connectivity index (χ0) is 15.6. The molecule has 1 aliphatic rings. The molecule has 1 aliphatic heterocycles. The summed E-state index contributed by atoms with van der Waals surface area (Å²) in [4.78, 5) is 26.5. The third kappa shape index (κ3) is 3.51. The third-order valence-corrected chi connectivity index (χ3v) is 3.90. The van der Waals surface area contributed by atoms with Gasteiger partial charge >= 0.3 is 0 Å². The number of rotatable bonds is 5. The summed E-state index contributed by atoms with van der Waals surface area (Å²) < 4.78 is 5.70. The van der Waals surface area contributed by atoms with Crippen molar-refractivity contribution in [2.45, 2.75) is 71.6 Å².